The summed E-state index contributed by atoms with van der Waals surface area (Å²) in [5.74, 6) is 1.65. The van der Waals surface area contributed by atoms with Crippen molar-refractivity contribution in [2.24, 2.45) is 5.92 Å². The van der Waals surface area contributed by atoms with Gasteiger partial charge in [0.1, 0.15) is 5.82 Å². The average Bonchev–Trinajstić information content (AvgIpc) is 2.84. The minimum atomic E-state index is 0.599. The van der Waals surface area contributed by atoms with Crippen LogP contribution in [0.1, 0.15) is 38.1 Å². The molecule has 19 heavy (non-hydrogen) atoms. The van der Waals surface area contributed by atoms with Crippen molar-refractivity contribution in [2.45, 2.75) is 46.6 Å². The number of rotatable bonds is 5. The van der Waals surface area contributed by atoms with E-state index in [9.17, 15) is 0 Å². The Morgan fingerprint density at radius 3 is 2.74 bits per heavy atom. The maximum Gasteiger partial charge on any atom is 0.147 e. The van der Waals surface area contributed by atoms with E-state index in [1.54, 1.807) is 0 Å². The van der Waals surface area contributed by atoms with E-state index in [1.807, 2.05) is 20.0 Å². The first kappa shape index (κ1) is 14.3. The largest absolute Gasteiger partial charge is 0.354 e. The van der Waals surface area contributed by atoms with Gasteiger partial charge in [0.05, 0.1) is 17.6 Å². The van der Waals surface area contributed by atoms with Crippen LogP contribution in [0.15, 0.2) is 6.20 Å². The Balaban J connectivity index is 2.12. The summed E-state index contributed by atoms with van der Waals surface area (Å²) in [5, 5.41) is 3.57. The first-order chi connectivity index (χ1) is 9.06. The summed E-state index contributed by atoms with van der Waals surface area (Å²) in [7, 11) is 0. The molecule has 1 saturated heterocycles. The molecule has 4 heteroatoms. The maximum atomic E-state index is 4.70. The lowest BCUT2D eigenvalue weighted by molar-refractivity contribution is 0.536. The fraction of sp³-hybridized carbons (Fsp3) is 0.733. The van der Waals surface area contributed by atoms with Crippen molar-refractivity contribution in [3.63, 3.8) is 0 Å². The van der Waals surface area contributed by atoms with Crippen molar-refractivity contribution in [1.82, 2.24) is 15.3 Å². The molecule has 1 aromatic heterocycles. The quantitative estimate of drug-likeness (QED) is 0.884. The Kier molecular flexibility index (Phi) is 4.75. The van der Waals surface area contributed by atoms with Gasteiger partial charge in [-0.25, -0.2) is 4.98 Å². The minimum Gasteiger partial charge on any atom is -0.354 e. The smallest absolute Gasteiger partial charge is 0.147 e. The Morgan fingerprint density at radius 1 is 1.37 bits per heavy atom. The van der Waals surface area contributed by atoms with Crippen LogP contribution in [-0.4, -0.2) is 35.6 Å². The van der Waals surface area contributed by atoms with Gasteiger partial charge in [-0.3, -0.25) is 4.98 Å². The predicted molar refractivity (Wildman–Crippen MR) is 79.6 cm³/mol. The van der Waals surface area contributed by atoms with Crippen LogP contribution in [0.2, 0.25) is 0 Å². The Hall–Kier alpha value is -1.16. The molecule has 0 aromatic carbocycles. The molecular weight excluding hydrogens is 236 g/mol. The number of hydrogen-bond donors (Lipinski definition) is 1. The third-order valence-corrected chi connectivity index (χ3v) is 3.69. The number of nitrogens with zero attached hydrogens (tertiary/aromatic N) is 3. The van der Waals surface area contributed by atoms with Crippen molar-refractivity contribution in [2.75, 3.05) is 24.5 Å². The molecule has 1 aliphatic rings. The fourth-order valence-corrected chi connectivity index (χ4v) is 2.56. The zero-order valence-electron chi connectivity index (χ0n) is 12.6. The van der Waals surface area contributed by atoms with Crippen LogP contribution in [0.25, 0.3) is 0 Å². The standard InChI is InChI=1S/C15H26N4/c1-11(2)9-19(10-14-6-5-7-16-14)15-8-17-12(3)13(4)18-15/h8,11,14,16H,5-7,9-10H2,1-4H3. The van der Waals surface area contributed by atoms with E-state index in [-0.39, 0.29) is 0 Å². The molecule has 1 fully saturated rings. The predicted octanol–water partition coefficient (Wildman–Crippen LogP) is 2.31. The number of hydrogen-bond acceptors (Lipinski definition) is 4. The van der Waals surface area contributed by atoms with E-state index in [0.29, 0.717) is 12.0 Å². The van der Waals surface area contributed by atoms with Crippen LogP contribution in [0.3, 0.4) is 0 Å². The summed E-state index contributed by atoms with van der Waals surface area (Å²) < 4.78 is 0. The topological polar surface area (TPSA) is 41.1 Å². The fourth-order valence-electron chi connectivity index (χ4n) is 2.56. The first-order valence-electron chi connectivity index (χ1n) is 7.35. The van der Waals surface area contributed by atoms with Gasteiger partial charge in [-0.1, -0.05) is 13.8 Å². The lowest BCUT2D eigenvalue weighted by Crippen LogP contribution is -2.40. The third kappa shape index (κ3) is 3.90. The first-order valence-corrected chi connectivity index (χ1v) is 7.35. The Bertz CT molecular complexity index is 411. The third-order valence-electron chi connectivity index (χ3n) is 3.69. The van der Waals surface area contributed by atoms with Gasteiger partial charge < -0.3 is 10.2 Å². The summed E-state index contributed by atoms with van der Waals surface area (Å²) in [4.78, 5) is 11.5. The van der Waals surface area contributed by atoms with Gasteiger partial charge >= 0.3 is 0 Å². The second-order valence-corrected chi connectivity index (χ2v) is 5.99. The van der Waals surface area contributed by atoms with Crippen LogP contribution in [0.5, 0.6) is 0 Å². The van der Waals surface area contributed by atoms with Crippen molar-refractivity contribution in [3.05, 3.63) is 17.6 Å². The second-order valence-electron chi connectivity index (χ2n) is 5.99. The molecule has 0 aliphatic carbocycles. The van der Waals surface area contributed by atoms with E-state index < -0.39 is 0 Å². The van der Waals surface area contributed by atoms with Gasteiger partial charge in [0, 0.05) is 19.1 Å². The normalized spacial score (nSPS) is 19.1. The zero-order valence-corrected chi connectivity index (χ0v) is 12.6. The van der Waals surface area contributed by atoms with Crippen LogP contribution < -0.4 is 10.2 Å². The van der Waals surface area contributed by atoms with Gasteiger partial charge in [0.25, 0.3) is 0 Å². The summed E-state index contributed by atoms with van der Waals surface area (Å²) in [6.45, 7) is 11.8. The van der Waals surface area contributed by atoms with Crippen LogP contribution >= 0.6 is 0 Å². The molecule has 0 amide bonds. The minimum absolute atomic E-state index is 0.599. The molecule has 4 nitrogen and oxygen atoms in total. The van der Waals surface area contributed by atoms with Gasteiger partial charge in [0.2, 0.25) is 0 Å². The van der Waals surface area contributed by atoms with Gasteiger partial charge in [-0.2, -0.15) is 0 Å². The van der Waals surface area contributed by atoms with Crippen LogP contribution in [0.4, 0.5) is 5.82 Å². The molecule has 1 unspecified atom stereocenters. The second kappa shape index (κ2) is 6.33. The number of nitrogens with one attached hydrogen (secondary N) is 1. The van der Waals surface area contributed by atoms with Gasteiger partial charge in [-0.05, 0) is 39.2 Å². The molecular formula is C15H26N4. The molecule has 2 heterocycles. The number of aryl methyl sites for hydroxylation is 2. The number of anilines is 1. The highest BCUT2D eigenvalue weighted by Gasteiger charge is 2.20. The van der Waals surface area contributed by atoms with Gasteiger partial charge in [0.15, 0.2) is 0 Å². The van der Waals surface area contributed by atoms with E-state index in [4.69, 9.17) is 4.98 Å². The molecule has 1 aromatic rings. The van der Waals surface area contributed by atoms with Crippen LogP contribution in [-0.2, 0) is 0 Å². The SMILES string of the molecule is Cc1ncc(N(CC(C)C)CC2CCCN2)nc1C. The summed E-state index contributed by atoms with van der Waals surface area (Å²) in [6, 6.07) is 0.599. The van der Waals surface area contributed by atoms with E-state index in [1.165, 1.54) is 12.8 Å². The monoisotopic (exact) mass is 262 g/mol. The van der Waals surface area contributed by atoms with Crippen LogP contribution in [0, 0.1) is 19.8 Å². The van der Waals surface area contributed by atoms with Crippen molar-refractivity contribution < 1.29 is 0 Å². The lowest BCUT2D eigenvalue weighted by Gasteiger charge is -2.28. The van der Waals surface area contributed by atoms with E-state index in [2.05, 4.69) is 29.0 Å². The molecule has 1 atom stereocenters. The summed E-state index contributed by atoms with van der Waals surface area (Å²) in [5.41, 5.74) is 2.05. The van der Waals surface area contributed by atoms with Crippen molar-refractivity contribution in [3.8, 4) is 0 Å². The Morgan fingerprint density at radius 2 is 2.16 bits per heavy atom. The lowest BCUT2D eigenvalue weighted by atomic mass is 10.1. The molecule has 0 spiro atoms. The molecule has 1 aliphatic heterocycles. The average molecular weight is 262 g/mol. The zero-order chi connectivity index (χ0) is 13.8. The Labute approximate surface area is 116 Å². The van der Waals surface area contributed by atoms with E-state index >= 15 is 0 Å². The molecule has 106 valence electrons. The molecule has 2 rings (SSSR count). The van der Waals surface area contributed by atoms with E-state index in [0.717, 1.165) is 36.8 Å². The molecule has 0 radical (unpaired) electrons. The highest BCUT2D eigenvalue weighted by molar-refractivity contribution is 5.38. The maximum absolute atomic E-state index is 4.70. The molecule has 0 saturated carbocycles. The summed E-state index contributed by atoms with van der Waals surface area (Å²) in [6.07, 6.45) is 4.48. The van der Waals surface area contributed by atoms with Crippen molar-refractivity contribution >= 4 is 5.82 Å². The molecule has 0 bridgehead atoms. The van der Waals surface area contributed by atoms with Crippen molar-refractivity contribution in [1.29, 1.82) is 0 Å². The highest BCUT2D eigenvalue weighted by atomic mass is 15.2. The van der Waals surface area contributed by atoms with Gasteiger partial charge in [-0.15, -0.1) is 0 Å². The number of aromatic nitrogens is 2. The molecule has 1 N–H and O–H groups in total. The highest BCUT2D eigenvalue weighted by Crippen LogP contribution is 2.16. The summed E-state index contributed by atoms with van der Waals surface area (Å²) >= 11 is 0.